The second-order valence-corrected chi connectivity index (χ2v) is 6.71. The minimum atomic E-state index is -0.645. The Morgan fingerprint density at radius 2 is 2.14 bits per heavy atom. The molecule has 0 aliphatic carbocycles. The number of benzene rings is 2. The molecule has 1 heterocycles. The van der Waals surface area contributed by atoms with Gasteiger partial charge in [0.2, 0.25) is 11.7 Å². The minimum absolute atomic E-state index is 0.0244. The van der Waals surface area contributed by atoms with Crippen LogP contribution in [0.3, 0.4) is 0 Å². The maximum absolute atomic E-state index is 12.9. The smallest absolute Gasteiger partial charge is 0.283 e. The van der Waals surface area contributed by atoms with Crippen LogP contribution < -0.4 is 0 Å². The number of carbonyl (C=O) groups excluding carboxylic acids is 1. The van der Waals surface area contributed by atoms with Crippen molar-refractivity contribution in [3.63, 3.8) is 0 Å². The molecule has 3 rings (SSSR count). The van der Waals surface area contributed by atoms with Crippen LogP contribution in [0, 0.1) is 17.0 Å². The van der Waals surface area contributed by atoms with E-state index in [-0.39, 0.29) is 35.3 Å². The molecule has 0 saturated heterocycles. The van der Waals surface area contributed by atoms with Gasteiger partial charge in [-0.3, -0.25) is 14.9 Å². The van der Waals surface area contributed by atoms with Gasteiger partial charge in [0, 0.05) is 23.2 Å². The van der Waals surface area contributed by atoms with Gasteiger partial charge in [-0.15, -0.1) is 6.58 Å². The third-order valence-corrected chi connectivity index (χ3v) is 4.33. The Hall–Kier alpha value is -3.52. The van der Waals surface area contributed by atoms with Crippen molar-refractivity contribution >= 4 is 23.2 Å². The molecule has 0 fully saturated rings. The molecule has 0 N–H and O–H groups in total. The predicted octanol–water partition coefficient (Wildman–Crippen LogP) is 4.44. The van der Waals surface area contributed by atoms with Crippen molar-refractivity contribution in [3.8, 4) is 11.4 Å². The molecule has 8 nitrogen and oxygen atoms in total. The number of nitro groups is 1. The summed E-state index contributed by atoms with van der Waals surface area (Å²) in [5.41, 5.74) is 1.38. The Labute approximate surface area is 171 Å². The summed E-state index contributed by atoms with van der Waals surface area (Å²) in [6.45, 7) is 5.70. The minimum Gasteiger partial charge on any atom is -0.337 e. The first-order valence-electron chi connectivity index (χ1n) is 8.62. The van der Waals surface area contributed by atoms with E-state index in [1.165, 1.54) is 23.1 Å². The second-order valence-electron chi connectivity index (χ2n) is 6.27. The topological polar surface area (TPSA) is 102 Å². The summed E-state index contributed by atoms with van der Waals surface area (Å²) >= 11 is 5.83. The van der Waals surface area contributed by atoms with Crippen LogP contribution in [0.1, 0.15) is 21.8 Å². The van der Waals surface area contributed by atoms with E-state index >= 15 is 0 Å². The van der Waals surface area contributed by atoms with Gasteiger partial charge in [0.05, 0.1) is 4.92 Å². The van der Waals surface area contributed by atoms with Gasteiger partial charge in [0.25, 0.3) is 11.6 Å². The van der Waals surface area contributed by atoms with Gasteiger partial charge >= 0.3 is 0 Å². The Bertz CT molecular complexity index is 1080. The molecule has 1 aromatic heterocycles. The average molecular weight is 413 g/mol. The van der Waals surface area contributed by atoms with Crippen LogP contribution >= 0.6 is 11.6 Å². The molecule has 9 heteroatoms. The fourth-order valence-electron chi connectivity index (χ4n) is 2.77. The van der Waals surface area contributed by atoms with Crippen molar-refractivity contribution in [1.82, 2.24) is 15.0 Å². The first-order chi connectivity index (χ1) is 13.9. The number of hydrogen-bond acceptors (Lipinski definition) is 6. The fraction of sp³-hybridized carbons (Fsp3) is 0.150. The molecule has 1 amide bonds. The van der Waals surface area contributed by atoms with E-state index in [1.54, 1.807) is 0 Å². The lowest BCUT2D eigenvalue weighted by atomic mass is 10.1. The van der Waals surface area contributed by atoms with Crippen molar-refractivity contribution in [2.24, 2.45) is 0 Å². The number of carbonyl (C=O) groups is 1. The highest BCUT2D eigenvalue weighted by Crippen LogP contribution is 2.25. The summed E-state index contributed by atoms with van der Waals surface area (Å²) in [6, 6.07) is 11.5. The SMILES string of the molecule is C=CCN(Cc1nc(-c2cccc(C)c2)no1)C(=O)c1ccc(Cl)cc1[N+](=O)[O-]. The van der Waals surface area contributed by atoms with E-state index in [4.69, 9.17) is 16.1 Å². The third-order valence-electron chi connectivity index (χ3n) is 4.09. The van der Waals surface area contributed by atoms with Gasteiger partial charge in [0.15, 0.2) is 0 Å². The molecule has 0 unspecified atom stereocenters. The standard InChI is InChI=1S/C20H17ClN4O4/c1-3-9-24(20(26)16-8-7-15(21)11-17(16)25(27)28)12-18-22-19(23-29-18)14-6-4-5-13(2)10-14/h3-8,10-11H,1,9,12H2,2H3. The second kappa shape index (κ2) is 8.66. The Morgan fingerprint density at radius 3 is 2.83 bits per heavy atom. The molecule has 148 valence electrons. The van der Waals surface area contributed by atoms with Gasteiger partial charge in [-0.25, -0.2) is 0 Å². The highest BCUT2D eigenvalue weighted by Gasteiger charge is 2.26. The first kappa shape index (κ1) is 20.2. The van der Waals surface area contributed by atoms with Crippen LogP contribution in [0.5, 0.6) is 0 Å². The largest absolute Gasteiger partial charge is 0.337 e. The number of aryl methyl sites for hydroxylation is 1. The number of hydrogen-bond donors (Lipinski definition) is 0. The lowest BCUT2D eigenvalue weighted by molar-refractivity contribution is -0.385. The van der Waals surface area contributed by atoms with Crippen LogP contribution in [0.4, 0.5) is 5.69 Å². The molecule has 3 aromatic rings. The average Bonchev–Trinajstić information content (AvgIpc) is 3.15. The van der Waals surface area contributed by atoms with E-state index in [2.05, 4.69) is 16.7 Å². The summed E-state index contributed by atoms with van der Waals surface area (Å²) in [4.78, 5) is 29.3. The molecule has 0 aliphatic heterocycles. The van der Waals surface area contributed by atoms with Crippen LogP contribution in [-0.4, -0.2) is 32.4 Å². The van der Waals surface area contributed by atoms with Gasteiger partial charge in [-0.2, -0.15) is 4.98 Å². The molecule has 0 bridgehead atoms. The molecular formula is C20H17ClN4O4. The zero-order valence-electron chi connectivity index (χ0n) is 15.5. The third kappa shape index (κ3) is 4.67. The van der Waals surface area contributed by atoms with E-state index in [0.29, 0.717) is 5.82 Å². The zero-order valence-corrected chi connectivity index (χ0v) is 16.3. The van der Waals surface area contributed by atoms with E-state index in [9.17, 15) is 14.9 Å². The van der Waals surface area contributed by atoms with Gasteiger partial charge in [0.1, 0.15) is 12.1 Å². The Balaban J connectivity index is 1.87. The van der Waals surface area contributed by atoms with E-state index in [1.807, 2.05) is 31.2 Å². The molecule has 0 saturated carbocycles. The highest BCUT2D eigenvalue weighted by atomic mass is 35.5. The van der Waals surface area contributed by atoms with Gasteiger partial charge in [-0.05, 0) is 25.1 Å². The number of nitro benzene ring substituents is 1. The fourth-order valence-corrected chi connectivity index (χ4v) is 2.93. The maximum atomic E-state index is 12.9. The van der Waals surface area contributed by atoms with E-state index in [0.717, 1.165) is 17.2 Å². The quantitative estimate of drug-likeness (QED) is 0.323. The Morgan fingerprint density at radius 1 is 1.34 bits per heavy atom. The molecule has 0 atom stereocenters. The lowest BCUT2D eigenvalue weighted by Gasteiger charge is -2.19. The molecule has 2 aromatic carbocycles. The monoisotopic (exact) mass is 412 g/mol. The number of nitrogens with zero attached hydrogens (tertiary/aromatic N) is 4. The van der Waals surface area contributed by atoms with E-state index < -0.39 is 10.8 Å². The Kier molecular flexibility index (Phi) is 6.04. The van der Waals surface area contributed by atoms with Crippen molar-refractivity contribution in [2.75, 3.05) is 6.54 Å². The van der Waals surface area contributed by atoms with Crippen LogP contribution in [0.25, 0.3) is 11.4 Å². The number of halogens is 1. The first-order valence-corrected chi connectivity index (χ1v) is 9.00. The summed E-state index contributed by atoms with van der Waals surface area (Å²) in [5.74, 6) is 0.0315. The summed E-state index contributed by atoms with van der Waals surface area (Å²) in [6.07, 6.45) is 1.51. The van der Waals surface area contributed by atoms with Crippen LogP contribution in [0.2, 0.25) is 5.02 Å². The summed E-state index contributed by atoms with van der Waals surface area (Å²) in [7, 11) is 0. The van der Waals surface area contributed by atoms with Crippen molar-refractivity contribution in [3.05, 3.63) is 87.3 Å². The van der Waals surface area contributed by atoms with Crippen molar-refractivity contribution in [1.29, 1.82) is 0 Å². The maximum Gasteiger partial charge on any atom is 0.283 e. The molecule has 0 spiro atoms. The highest BCUT2D eigenvalue weighted by molar-refractivity contribution is 6.31. The van der Waals surface area contributed by atoms with Crippen LogP contribution in [0.15, 0.2) is 59.6 Å². The lowest BCUT2D eigenvalue weighted by Crippen LogP contribution is -2.31. The van der Waals surface area contributed by atoms with Crippen molar-refractivity contribution in [2.45, 2.75) is 13.5 Å². The molecule has 29 heavy (non-hydrogen) atoms. The van der Waals surface area contributed by atoms with Crippen LogP contribution in [-0.2, 0) is 6.54 Å². The summed E-state index contributed by atoms with van der Waals surface area (Å²) < 4.78 is 5.27. The van der Waals surface area contributed by atoms with Gasteiger partial charge in [-0.1, -0.05) is 46.6 Å². The summed E-state index contributed by atoms with van der Waals surface area (Å²) in [5, 5.41) is 15.4. The number of amides is 1. The molecular weight excluding hydrogens is 396 g/mol. The predicted molar refractivity (Wildman–Crippen MR) is 108 cm³/mol. The molecule has 0 aliphatic rings. The number of rotatable bonds is 7. The normalized spacial score (nSPS) is 10.6. The van der Waals surface area contributed by atoms with Gasteiger partial charge < -0.3 is 9.42 Å². The molecule has 0 radical (unpaired) electrons. The zero-order chi connectivity index (χ0) is 21.0. The van der Waals surface area contributed by atoms with Crippen molar-refractivity contribution < 1.29 is 14.2 Å². The number of aromatic nitrogens is 2.